The predicted octanol–water partition coefficient (Wildman–Crippen LogP) is 6.84. The Morgan fingerprint density at radius 2 is 1.86 bits per heavy atom. The van der Waals surface area contributed by atoms with E-state index in [1.807, 2.05) is 65.6 Å². The first-order valence-corrected chi connectivity index (χ1v) is 11.9. The minimum atomic E-state index is -0.355. The summed E-state index contributed by atoms with van der Waals surface area (Å²) in [6.45, 7) is 0. The van der Waals surface area contributed by atoms with Crippen molar-refractivity contribution in [1.82, 2.24) is 10.3 Å². The van der Waals surface area contributed by atoms with Crippen LogP contribution in [0.4, 0.5) is 5.69 Å². The minimum Gasteiger partial charge on any atom is -0.497 e. The number of anilines is 1. The van der Waals surface area contributed by atoms with Gasteiger partial charge in [0.05, 0.1) is 41.7 Å². The van der Waals surface area contributed by atoms with Crippen LogP contribution in [-0.4, -0.2) is 24.3 Å². The lowest BCUT2D eigenvalue weighted by molar-refractivity contribution is 0.392. The second-order valence-electron chi connectivity index (χ2n) is 7.84. The maximum atomic E-state index is 6.46. The molecule has 1 N–H and O–H groups in total. The average molecular weight is 526 g/mol. The summed E-state index contributed by atoms with van der Waals surface area (Å²) in [7, 11) is 3.23. The van der Waals surface area contributed by atoms with Crippen molar-refractivity contribution < 1.29 is 13.9 Å². The molecular weight excluding hydrogens is 505 g/mol. The second-order valence-corrected chi connectivity index (χ2v) is 9.01. The van der Waals surface area contributed by atoms with E-state index in [4.69, 9.17) is 49.3 Å². The van der Waals surface area contributed by atoms with E-state index in [2.05, 4.69) is 10.3 Å². The van der Waals surface area contributed by atoms with Crippen LogP contribution in [0.5, 0.6) is 11.5 Å². The van der Waals surface area contributed by atoms with Crippen LogP contribution in [0.25, 0.3) is 11.3 Å². The lowest BCUT2D eigenvalue weighted by atomic mass is 10.0. The number of hydrogen-bond acceptors (Lipinski definition) is 5. The summed E-state index contributed by atoms with van der Waals surface area (Å²) in [5.41, 5.74) is 2.31. The van der Waals surface area contributed by atoms with Gasteiger partial charge in [-0.05, 0) is 60.7 Å². The number of furan rings is 1. The Morgan fingerprint density at radius 1 is 1.00 bits per heavy atom. The molecule has 1 fully saturated rings. The third-order valence-corrected chi connectivity index (χ3v) is 7.01. The van der Waals surface area contributed by atoms with E-state index in [0.717, 1.165) is 11.4 Å². The van der Waals surface area contributed by atoms with Crippen molar-refractivity contribution in [2.45, 2.75) is 12.1 Å². The van der Waals surface area contributed by atoms with Crippen molar-refractivity contribution >= 4 is 46.2 Å². The molecule has 2 aromatic heterocycles. The molecule has 5 rings (SSSR count). The molecule has 3 heterocycles. The third kappa shape index (κ3) is 4.31. The van der Waals surface area contributed by atoms with Gasteiger partial charge in [-0.25, -0.2) is 0 Å². The van der Waals surface area contributed by atoms with Crippen molar-refractivity contribution in [3.8, 4) is 22.8 Å². The Hall–Kier alpha value is -3.26. The number of methoxy groups -OCH3 is 2. The molecule has 0 bridgehead atoms. The largest absolute Gasteiger partial charge is 0.497 e. The molecule has 0 saturated carbocycles. The highest BCUT2D eigenvalue weighted by Crippen LogP contribution is 2.46. The first kappa shape index (κ1) is 23.5. The van der Waals surface area contributed by atoms with Gasteiger partial charge in [0.15, 0.2) is 5.11 Å². The fourth-order valence-electron chi connectivity index (χ4n) is 4.24. The van der Waals surface area contributed by atoms with E-state index in [1.165, 1.54) is 0 Å². The molecule has 0 amide bonds. The standard InChI is InChI=1S/C26H21Cl2N3O3S/c1-32-15-9-10-19(22(14-15)33-2)31-25(24(30-26(31)35)18-8-3-4-13-29-18)21-12-11-20(34-21)16-6-5-7-17(27)23(16)28/h3-14,24-25H,1-2H3,(H,30,35)/t24-,25-/m1/s1. The highest BCUT2D eigenvalue weighted by Gasteiger charge is 2.43. The molecule has 4 aromatic rings. The molecule has 1 aliphatic heterocycles. The molecule has 2 aromatic carbocycles. The fraction of sp³-hybridized carbons (Fsp3) is 0.154. The number of aromatic nitrogens is 1. The van der Waals surface area contributed by atoms with Gasteiger partial charge >= 0.3 is 0 Å². The second kappa shape index (κ2) is 9.77. The Balaban J connectivity index is 1.64. The molecule has 0 spiro atoms. The Kier molecular flexibility index (Phi) is 6.56. The smallest absolute Gasteiger partial charge is 0.174 e. The van der Waals surface area contributed by atoms with E-state index in [0.29, 0.717) is 43.7 Å². The van der Waals surface area contributed by atoms with Gasteiger partial charge in [-0.3, -0.25) is 4.98 Å². The number of rotatable bonds is 6. The summed E-state index contributed by atoms with van der Waals surface area (Å²) in [5.74, 6) is 2.57. The highest BCUT2D eigenvalue weighted by molar-refractivity contribution is 7.80. The lowest BCUT2D eigenvalue weighted by Crippen LogP contribution is -2.29. The molecule has 6 nitrogen and oxygen atoms in total. The summed E-state index contributed by atoms with van der Waals surface area (Å²) < 4.78 is 17.4. The fourth-order valence-corrected chi connectivity index (χ4v) is 4.97. The van der Waals surface area contributed by atoms with Crippen LogP contribution < -0.4 is 19.7 Å². The molecule has 1 saturated heterocycles. The maximum absolute atomic E-state index is 6.46. The molecule has 0 radical (unpaired) electrons. The van der Waals surface area contributed by atoms with Gasteiger partial charge in [0.2, 0.25) is 0 Å². The van der Waals surface area contributed by atoms with E-state index >= 15 is 0 Å². The first-order chi connectivity index (χ1) is 17.0. The number of hydrogen-bond donors (Lipinski definition) is 1. The lowest BCUT2D eigenvalue weighted by Gasteiger charge is -2.27. The summed E-state index contributed by atoms with van der Waals surface area (Å²) in [6.07, 6.45) is 1.76. The SMILES string of the molecule is COc1ccc(N2C(=S)N[C@H](c3ccccn3)[C@H]2c2ccc(-c3cccc(Cl)c3Cl)o2)c(OC)c1. The number of thiocarbonyl (C=S) groups is 1. The zero-order valence-corrected chi connectivity index (χ0v) is 21.2. The number of benzene rings is 2. The normalized spacial score (nSPS) is 17.4. The van der Waals surface area contributed by atoms with Crippen LogP contribution in [-0.2, 0) is 0 Å². The van der Waals surface area contributed by atoms with Gasteiger partial charge in [0.25, 0.3) is 0 Å². The quantitative estimate of drug-likeness (QED) is 0.276. The maximum Gasteiger partial charge on any atom is 0.174 e. The zero-order chi connectivity index (χ0) is 24.5. The van der Waals surface area contributed by atoms with Crippen LogP contribution in [0, 0.1) is 0 Å². The Labute approximate surface area is 218 Å². The van der Waals surface area contributed by atoms with E-state index < -0.39 is 0 Å². The number of pyridine rings is 1. The van der Waals surface area contributed by atoms with Gasteiger partial charge in [0, 0.05) is 17.8 Å². The average Bonchev–Trinajstić information content (AvgIpc) is 3.50. The highest BCUT2D eigenvalue weighted by atomic mass is 35.5. The molecule has 35 heavy (non-hydrogen) atoms. The van der Waals surface area contributed by atoms with Gasteiger partial charge in [0.1, 0.15) is 29.1 Å². The van der Waals surface area contributed by atoms with Crippen molar-refractivity contribution in [1.29, 1.82) is 0 Å². The predicted molar refractivity (Wildman–Crippen MR) is 142 cm³/mol. The van der Waals surface area contributed by atoms with Crippen LogP contribution >= 0.6 is 35.4 Å². The van der Waals surface area contributed by atoms with Gasteiger partial charge < -0.3 is 24.1 Å². The third-order valence-electron chi connectivity index (χ3n) is 5.88. The van der Waals surface area contributed by atoms with Crippen molar-refractivity contribution in [2.24, 2.45) is 0 Å². The van der Waals surface area contributed by atoms with Crippen LogP contribution in [0.3, 0.4) is 0 Å². The summed E-state index contributed by atoms with van der Waals surface area (Å²) in [5, 5.41) is 4.83. The molecule has 1 aliphatic rings. The van der Waals surface area contributed by atoms with Crippen LogP contribution in [0.15, 0.2) is 77.3 Å². The molecule has 0 unspecified atom stereocenters. The molecule has 0 aliphatic carbocycles. The number of ether oxygens (including phenoxy) is 2. The Morgan fingerprint density at radius 3 is 2.60 bits per heavy atom. The topological polar surface area (TPSA) is 59.8 Å². The zero-order valence-electron chi connectivity index (χ0n) is 18.9. The molecule has 9 heteroatoms. The van der Waals surface area contributed by atoms with Crippen molar-refractivity contribution in [2.75, 3.05) is 19.1 Å². The van der Waals surface area contributed by atoms with E-state index in [9.17, 15) is 0 Å². The Bertz CT molecular complexity index is 1380. The number of nitrogens with zero attached hydrogens (tertiary/aromatic N) is 2. The van der Waals surface area contributed by atoms with Gasteiger partial charge in [-0.1, -0.05) is 35.3 Å². The van der Waals surface area contributed by atoms with E-state index in [-0.39, 0.29) is 12.1 Å². The monoisotopic (exact) mass is 525 g/mol. The molecule has 178 valence electrons. The van der Waals surface area contributed by atoms with Gasteiger partial charge in [-0.2, -0.15) is 0 Å². The first-order valence-electron chi connectivity index (χ1n) is 10.8. The molecular formula is C26H21Cl2N3O3S. The minimum absolute atomic E-state index is 0.274. The number of nitrogens with one attached hydrogen (secondary N) is 1. The summed E-state index contributed by atoms with van der Waals surface area (Å²) >= 11 is 18.5. The van der Waals surface area contributed by atoms with Crippen LogP contribution in [0.1, 0.15) is 23.5 Å². The van der Waals surface area contributed by atoms with Gasteiger partial charge in [-0.15, -0.1) is 0 Å². The van der Waals surface area contributed by atoms with E-state index in [1.54, 1.807) is 26.5 Å². The number of halogens is 2. The molecule has 2 atom stereocenters. The summed E-state index contributed by atoms with van der Waals surface area (Å²) in [6, 6.07) is 20.0. The van der Waals surface area contributed by atoms with Crippen LogP contribution in [0.2, 0.25) is 10.0 Å². The van der Waals surface area contributed by atoms with Crippen molar-refractivity contribution in [3.05, 3.63) is 94.4 Å². The summed E-state index contributed by atoms with van der Waals surface area (Å²) in [4.78, 5) is 6.56. The van der Waals surface area contributed by atoms with Crippen molar-refractivity contribution in [3.63, 3.8) is 0 Å².